The Morgan fingerprint density at radius 1 is 1.43 bits per heavy atom. The molecule has 21 heavy (non-hydrogen) atoms. The summed E-state index contributed by atoms with van der Waals surface area (Å²) in [5.41, 5.74) is 6.39. The van der Waals surface area contributed by atoms with E-state index < -0.39 is 11.5 Å². The number of anilines is 1. The molecule has 0 bridgehead atoms. The number of rotatable bonds is 3. The van der Waals surface area contributed by atoms with E-state index in [0.717, 1.165) is 12.8 Å². The maximum atomic E-state index is 12.5. The smallest absolute Gasteiger partial charge is 0.338 e. The molecule has 0 aromatic heterocycles. The molecule has 5 nitrogen and oxygen atoms in total. The second-order valence-electron chi connectivity index (χ2n) is 6.11. The molecule has 1 amide bonds. The highest BCUT2D eigenvalue weighted by Gasteiger charge is 2.38. The highest BCUT2D eigenvalue weighted by Crippen LogP contribution is 2.32. The zero-order chi connectivity index (χ0) is 15.6. The predicted octanol–water partition coefficient (Wildman–Crippen LogP) is 2.54. The molecule has 1 aromatic carbocycles. The molecular weight excluding hydrogens is 268 g/mol. The minimum absolute atomic E-state index is 0.123. The van der Waals surface area contributed by atoms with Crippen molar-refractivity contribution in [2.24, 2.45) is 11.7 Å². The van der Waals surface area contributed by atoms with Crippen LogP contribution in [-0.4, -0.2) is 22.5 Å². The van der Waals surface area contributed by atoms with Gasteiger partial charge in [-0.15, -0.1) is 0 Å². The zero-order valence-corrected chi connectivity index (χ0v) is 12.5. The van der Waals surface area contributed by atoms with Crippen LogP contribution in [0.3, 0.4) is 0 Å². The fourth-order valence-electron chi connectivity index (χ4n) is 3.10. The first-order valence-corrected chi connectivity index (χ1v) is 7.27. The van der Waals surface area contributed by atoms with Gasteiger partial charge in [0.05, 0.1) is 16.8 Å². The van der Waals surface area contributed by atoms with Crippen LogP contribution in [0.4, 0.5) is 5.69 Å². The van der Waals surface area contributed by atoms with Crippen LogP contribution in [0.1, 0.15) is 48.5 Å². The molecule has 1 saturated carbocycles. The van der Waals surface area contributed by atoms with Gasteiger partial charge in [-0.2, -0.15) is 0 Å². The minimum atomic E-state index is -1.05. The van der Waals surface area contributed by atoms with Gasteiger partial charge in [0.15, 0.2) is 0 Å². The summed E-state index contributed by atoms with van der Waals surface area (Å²) in [6.07, 6.45) is 3.27. The Kier molecular flexibility index (Phi) is 4.32. The summed E-state index contributed by atoms with van der Waals surface area (Å²) in [6, 6.07) is 5.04. The van der Waals surface area contributed by atoms with E-state index in [1.807, 2.05) is 0 Å². The van der Waals surface area contributed by atoms with Gasteiger partial charge in [0.25, 0.3) is 0 Å². The second-order valence-corrected chi connectivity index (χ2v) is 6.11. The molecule has 0 spiro atoms. The Labute approximate surface area is 124 Å². The molecule has 114 valence electrons. The van der Waals surface area contributed by atoms with E-state index in [2.05, 4.69) is 12.2 Å². The first-order chi connectivity index (χ1) is 9.83. The molecular formula is C16H22N2O3. The molecule has 1 aromatic rings. The lowest BCUT2D eigenvalue weighted by atomic mass is 9.76. The lowest BCUT2D eigenvalue weighted by Gasteiger charge is -2.35. The molecule has 0 saturated heterocycles. The van der Waals surface area contributed by atoms with Gasteiger partial charge >= 0.3 is 5.97 Å². The molecule has 2 rings (SSSR count). The Hall–Kier alpha value is -1.88. The summed E-state index contributed by atoms with van der Waals surface area (Å²) >= 11 is 0. The summed E-state index contributed by atoms with van der Waals surface area (Å²) in [7, 11) is 0. The van der Waals surface area contributed by atoms with Crippen molar-refractivity contribution in [1.82, 2.24) is 0 Å². The van der Waals surface area contributed by atoms with Crippen molar-refractivity contribution in [2.75, 3.05) is 5.32 Å². The third-order valence-corrected chi connectivity index (χ3v) is 4.22. The van der Waals surface area contributed by atoms with E-state index in [-0.39, 0.29) is 11.5 Å². The standard InChI is InChI=1S/C16H22N2O3/c1-10-5-4-8-16(17,9-10)15(21)18-12-7-3-6-11(2)13(12)14(19)20/h3,6-7,10H,4-5,8-9,17H2,1-2H3,(H,18,21)(H,19,20). The monoisotopic (exact) mass is 290 g/mol. The van der Waals surface area contributed by atoms with Crippen molar-refractivity contribution in [3.63, 3.8) is 0 Å². The van der Waals surface area contributed by atoms with Crippen LogP contribution in [0.25, 0.3) is 0 Å². The Morgan fingerprint density at radius 3 is 2.76 bits per heavy atom. The van der Waals surface area contributed by atoms with Crippen molar-refractivity contribution in [1.29, 1.82) is 0 Å². The lowest BCUT2D eigenvalue weighted by molar-refractivity contribution is -0.122. The number of carboxylic acids is 1. The molecule has 1 fully saturated rings. The Bertz CT molecular complexity index is 571. The summed E-state index contributed by atoms with van der Waals surface area (Å²) < 4.78 is 0. The molecule has 0 radical (unpaired) electrons. The largest absolute Gasteiger partial charge is 0.478 e. The molecule has 2 unspecified atom stereocenters. The number of aryl methyl sites for hydroxylation is 1. The third kappa shape index (κ3) is 3.24. The van der Waals surface area contributed by atoms with E-state index in [1.165, 1.54) is 0 Å². The average Bonchev–Trinajstić information content (AvgIpc) is 2.37. The predicted molar refractivity (Wildman–Crippen MR) is 81.3 cm³/mol. The Balaban J connectivity index is 2.24. The normalized spacial score (nSPS) is 25.4. The quantitative estimate of drug-likeness (QED) is 0.797. The number of benzene rings is 1. The van der Waals surface area contributed by atoms with Gasteiger partial charge in [-0.1, -0.05) is 31.9 Å². The van der Waals surface area contributed by atoms with Crippen LogP contribution in [0.2, 0.25) is 0 Å². The molecule has 5 heteroatoms. The number of amides is 1. The van der Waals surface area contributed by atoms with Gasteiger partial charge < -0.3 is 16.2 Å². The van der Waals surface area contributed by atoms with Gasteiger partial charge in [0.2, 0.25) is 5.91 Å². The summed E-state index contributed by atoms with van der Waals surface area (Å²) in [5.74, 6) is -0.931. The molecule has 4 N–H and O–H groups in total. The summed E-state index contributed by atoms with van der Waals surface area (Å²) in [6.45, 7) is 3.80. The van der Waals surface area contributed by atoms with Crippen LogP contribution in [0.5, 0.6) is 0 Å². The topological polar surface area (TPSA) is 92.4 Å². The van der Waals surface area contributed by atoms with Gasteiger partial charge in [-0.25, -0.2) is 4.79 Å². The van der Waals surface area contributed by atoms with Gasteiger partial charge in [0.1, 0.15) is 0 Å². The minimum Gasteiger partial charge on any atom is -0.478 e. The highest BCUT2D eigenvalue weighted by atomic mass is 16.4. The highest BCUT2D eigenvalue weighted by molar-refractivity contribution is 6.04. The van der Waals surface area contributed by atoms with Crippen LogP contribution in [-0.2, 0) is 4.79 Å². The molecule has 0 heterocycles. The van der Waals surface area contributed by atoms with E-state index in [0.29, 0.717) is 30.0 Å². The number of hydrogen-bond donors (Lipinski definition) is 3. The lowest BCUT2D eigenvalue weighted by Crippen LogP contribution is -2.53. The maximum Gasteiger partial charge on any atom is 0.338 e. The van der Waals surface area contributed by atoms with E-state index in [9.17, 15) is 14.7 Å². The van der Waals surface area contributed by atoms with Crippen LogP contribution < -0.4 is 11.1 Å². The summed E-state index contributed by atoms with van der Waals surface area (Å²) in [4.78, 5) is 23.8. The van der Waals surface area contributed by atoms with E-state index in [1.54, 1.807) is 25.1 Å². The van der Waals surface area contributed by atoms with Crippen LogP contribution in [0.15, 0.2) is 18.2 Å². The number of hydrogen-bond acceptors (Lipinski definition) is 3. The molecule has 2 atom stereocenters. The van der Waals surface area contributed by atoms with E-state index >= 15 is 0 Å². The fourth-order valence-corrected chi connectivity index (χ4v) is 3.10. The first kappa shape index (κ1) is 15.5. The van der Waals surface area contributed by atoms with Crippen molar-refractivity contribution in [3.05, 3.63) is 29.3 Å². The number of carboxylic acid groups (broad SMARTS) is 1. The van der Waals surface area contributed by atoms with Crippen molar-refractivity contribution in [2.45, 2.75) is 45.1 Å². The average molecular weight is 290 g/mol. The number of carbonyl (C=O) groups excluding carboxylic acids is 1. The molecule has 1 aliphatic carbocycles. The third-order valence-electron chi connectivity index (χ3n) is 4.22. The number of carbonyl (C=O) groups is 2. The second kappa shape index (κ2) is 5.85. The first-order valence-electron chi connectivity index (χ1n) is 7.27. The van der Waals surface area contributed by atoms with Gasteiger partial charge in [-0.3, -0.25) is 4.79 Å². The fraction of sp³-hybridized carbons (Fsp3) is 0.500. The van der Waals surface area contributed by atoms with Gasteiger partial charge in [-0.05, 0) is 37.3 Å². The van der Waals surface area contributed by atoms with Crippen LogP contribution in [0, 0.1) is 12.8 Å². The number of nitrogens with two attached hydrogens (primary N) is 1. The summed E-state index contributed by atoms with van der Waals surface area (Å²) in [5, 5.41) is 12.0. The Morgan fingerprint density at radius 2 is 2.14 bits per heavy atom. The zero-order valence-electron chi connectivity index (χ0n) is 12.5. The van der Waals surface area contributed by atoms with Crippen molar-refractivity contribution >= 4 is 17.6 Å². The van der Waals surface area contributed by atoms with Crippen molar-refractivity contribution < 1.29 is 14.7 Å². The van der Waals surface area contributed by atoms with Crippen LogP contribution >= 0.6 is 0 Å². The van der Waals surface area contributed by atoms with Crippen molar-refractivity contribution in [3.8, 4) is 0 Å². The molecule has 1 aliphatic rings. The SMILES string of the molecule is Cc1cccc(NC(=O)C2(N)CCCC(C)C2)c1C(=O)O. The number of aromatic carboxylic acids is 1. The van der Waals surface area contributed by atoms with E-state index in [4.69, 9.17) is 5.73 Å². The number of nitrogens with one attached hydrogen (secondary N) is 1. The molecule has 0 aliphatic heterocycles. The maximum absolute atomic E-state index is 12.5. The van der Waals surface area contributed by atoms with Gasteiger partial charge in [0, 0.05) is 0 Å².